The molecule has 0 rings (SSSR count). The lowest BCUT2D eigenvalue weighted by atomic mass is 10.0. The van der Waals surface area contributed by atoms with Crippen molar-refractivity contribution in [2.24, 2.45) is 44.4 Å². The van der Waals surface area contributed by atoms with Gasteiger partial charge in [-0.25, -0.2) is 0 Å². The van der Waals surface area contributed by atoms with Crippen LogP contribution in [0.25, 0.3) is 0 Å². The molecule has 8 atom stereocenters. The number of hydrogen-bond donors (Lipinski definition) is 6. The summed E-state index contributed by atoms with van der Waals surface area (Å²) in [5.41, 5.74) is 34.8. The third-order valence-electron chi connectivity index (χ3n) is 9.51. The van der Waals surface area contributed by atoms with Crippen LogP contribution in [0.3, 0.4) is 0 Å². The SMILES string of the molecule is CCC(N)CCCC(N)CC.CCCC(CCCC(C)N)N=CCC=NC(CC)CCCC(N)CC.CCCC(N)CCCC(C)N.O=CCCCC=O. The number of aliphatic imine (C=N–C) groups is 2. The van der Waals surface area contributed by atoms with Crippen LogP contribution in [0.4, 0.5) is 0 Å². The van der Waals surface area contributed by atoms with Gasteiger partial charge in [-0.3, -0.25) is 9.98 Å². The molecule has 8 unspecified atom stereocenters. The number of aldehydes is 2. The Hall–Kier alpha value is -1.56. The fourth-order valence-electron chi connectivity index (χ4n) is 5.53. The summed E-state index contributed by atoms with van der Waals surface area (Å²) in [6.45, 7) is 17.2. The molecule has 0 spiro atoms. The lowest BCUT2D eigenvalue weighted by Gasteiger charge is -2.12. The van der Waals surface area contributed by atoms with Crippen molar-refractivity contribution in [3.8, 4) is 0 Å². The van der Waals surface area contributed by atoms with Gasteiger partial charge in [-0.2, -0.15) is 0 Å². The van der Waals surface area contributed by atoms with E-state index in [1.165, 1.54) is 44.9 Å². The molecule has 0 aromatic heterocycles. The predicted octanol–water partition coefficient (Wildman–Crippen LogP) is 8.71. The zero-order valence-corrected chi connectivity index (χ0v) is 37.1. The molecule has 0 aliphatic heterocycles. The van der Waals surface area contributed by atoms with E-state index in [0.29, 0.717) is 67.6 Å². The fourth-order valence-corrected chi connectivity index (χ4v) is 5.53. The van der Waals surface area contributed by atoms with Crippen molar-refractivity contribution in [1.82, 2.24) is 0 Å². The van der Waals surface area contributed by atoms with Gasteiger partial charge in [-0.1, -0.05) is 67.2 Å². The molecule has 0 amide bonds. The molecule has 10 heteroatoms. The molecule has 0 heterocycles. The first kappa shape index (κ1) is 59.1. The van der Waals surface area contributed by atoms with E-state index >= 15 is 0 Å². The minimum Gasteiger partial charge on any atom is -0.328 e. The van der Waals surface area contributed by atoms with Crippen LogP contribution in [-0.4, -0.2) is 73.3 Å². The Kier molecular flexibility index (Phi) is 52.1. The molecule has 0 saturated heterocycles. The average molecular weight is 769 g/mol. The third-order valence-corrected chi connectivity index (χ3v) is 9.51. The largest absolute Gasteiger partial charge is 0.328 e. The molecule has 0 aliphatic carbocycles. The van der Waals surface area contributed by atoms with E-state index in [-0.39, 0.29) is 0 Å². The van der Waals surface area contributed by atoms with Gasteiger partial charge in [0.05, 0.1) is 0 Å². The van der Waals surface area contributed by atoms with Crippen molar-refractivity contribution in [2.75, 3.05) is 0 Å². The predicted molar refractivity (Wildman–Crippen MR) is 241 cm³/mol. The van der Waals surface area contributed by atoms with Crippen molar-refractivity contribution >= 4 is 25.0 Å². The van der Waals surface area contributed by atoms with E-state index in [1.54, 1.807) is 0 Å². The van der Waals surface area contributed by atoms with Crippen molar-refractivity contribution in [1.29, 1.82) is 0 Å². The average Bonchev–Trinajstić information content (AvgIpc) is 3.14. The Labute approximate surface area is 336 Å². The summed E-state index contributed by atoms with van der Waals surface area (Å²) in [5.74, 6) is 0. The summed E-state index contributed by atoms with van der Waals surface area (Å²) in [5, 5.41) is 0. The first-order chi connectivity index (χ1) is 25.8. The van der Waals surface area contributed by atoms with Crippen LogP contribution < -0.4 is 34.4 Å². The maximum atomic E-state index is 9.56. The number of nitrogens with two attached hydrogens (primary N) is 6. The first-order valence-corrected chi connectivity index (χ1v) is 22.3. The first-order valence-electron chi connectivity index (χ1n) is 22.3. The van der Waals surface area contributed by atoms with Crippen LogP contribution in [0.15, 0.2) is 9.98 Å². The Morgan fingerprint density at radius 1 is 0.426 bits per heavy atom. The summed E-state index contributed by atoms with van der Waals surface area (Å²) in [6, 6.07) is 3.06. The van der Waals surface area contributed by atoms with Gasteiger partial charge in [0.2, 0.25) is 0 Å². The number of carbonyl (C=O) groups is 2. The van der Waals surface area contributed by atoms with Gasteiger partial charge < -0.3 is 44.0 Å². The van der Waals surface area contributed by atoms with Gasteiger partial charge in [-0.05, 0) is 123 Å². The van der Waals surface area contributed by atoms with E-state index in [1.807, 2.05) is 13.1 Å². The highest BCUT2D eigenvalue weighted by atomic mass is 16.1. The van der Waals surface area contributed by atoms with Gasteiger partial charge >= 0.3 is 0 Å². The Balaban J connectivity index is -0.000000355. The van der Waals surface area contributed by atoms with Crippen LogP contribution in [0.2, 0.25) is 0 Å². The summed E-state index contributed by atoms with van der Waals surface area (Å²) in [4.78, 5) is 28.6. The van der Waals surface area contributed by atoms with E-state index < -0.39 is 0 Å². The second-order valence-corrected chi connectivity index (χ2v) is 15.4. The number of rotatable bonds is 32. The van der Waals surface area contributed by atoms with Crippen LogP contribution in [0.1, 0.15) is 209 Å². The summed E-state index contributed by atoms with van der Waals surface area (Å²) in [6.07, 6.45) is 31.1. The summed E-state index contributed by atoms with van der Waals surface area (Å²) >= 11 is 0. The second kappa shape index (κ2) is 47.6. The van der Waals surface area contributed by atoms with Crippen molar-refractivity contribution in [3.63, 3.8) is 0 Å². The number of nitrogens with zero attached hydrogens (tertiary/aromatic N) is 2. The fraction of sp³-hybridized carbons (Fsp3) is 0.909. The molecule has 12 N–H and O–H groups in total. The molecule has 324 valence electrons. The molecule has 54 heavy (non-hydrogen) atoms. The summed E-state index contributed by atoms with van der Waals surface area (Å²) < 4.78 is 0. The van der Waals surface area contributed by atoms with Gasteiger partial charge in [0, 0.05) is 80.0 Å². The quantitative estimate of drug-likeness (QED) is 0.0220. The van der Waals surface area contributed by atoms with E-state index in [2.05, 4.69) is 54.7 Å². The Morgan fingerprint density at radius 2 is 0.796 bits per heavy atom. The highest BCUT2D eigenvalue weighted by molar-refractivity contribution is 5.79. The van der Waals surface area contributed by atoms with E-state index in [4.69, 9.17) is 44.4 Å². The lowest BCUT2D eigenvalue weighted by Crippen LogP contribution is -2.22. The zero-order chi connectivity index (χ0) is 41.8. The molecule has 0 bridgehead atoms. The van der Waals surface area contributed by atoms with Crippen molar-refractivity contribution in [2.45, 2.75) is 258 Å². The highest BCUT2D eigenvalue weighted by Crippen LogP contribution is 2.13. The molecule has 0 aliphatic rings. The number of hydrogen-bond acceptors (Lipinski definition) is 10. The smallest absolute Gasteiger partial charge is 0.120 e. The molecular formula is C44H96N8O2. The normalized spacial score (nSPS) is 15.7. The molecule has 0 aromatic rings. The maximum absolute atomic E-state index is 9.56. The molecular weight excluding hydrogens is 673 g/mol. The van der Waals surface area contributed by atoms with Crippen molar-refractivity contribution < 1.29 is 9.59 Å². The standard InChI is InChI=1S/C21H44N4.2C9H22N2.C5H8O2/c1-5-11-21(15-8-12-18(4)22)25-17-10-16-24-20(7-3)14-9-13-19(23)6-2;1-3-5-9(11)7-4-6-8(2)10;1-3-8(10)6-5-7-9(11)4-2;6-4-2-1-3-5-7/h16-21H,5-15,22-23H2,1-4H3;2*8-9H,3-7,10-11H2,1-2H3;4-5H,1-3H2. The van der Waals surface area contributed by atoms with Gasteiger partial charge in [-0.15, -0.1) is 0 Å². The second-order valence-electron chi connectivity index (χ2n) is 15.4. The number of carbonyl (C=O) groups excluding carboxylic acids is 2. The van der Waals surface area contributed by atoms with Crippen LogP contribution >= 0.6 is 0 Å². The highest BCUT2D eigenvalue weighted by Gasteiger charge is 2.07. The van der Waals surface area contributed by atoms with E-state index in [0.717, 1.165) is 102 Å². The summed E-state index contributed by atoms with van der Waals surface area (Å²) in [7, 11) is 0. The molecule has 0 saturated carbocycles. The van der Waals surface area contributed by atoms with E-state index in [9.17, 15) is 9.59 Å². The minimum absolute atomic E-state index is 0.302. The topological polar surface area (TPSA) is 215 Å². The third kappa shape index (κ3) is 52.5. The van der Waals surface area contributed by atoms with Crippen LogP contribution in [0, 0.1) is 0 Å². The molecule has 0 fully saturated rings. The van der Waals surface area contributed by atoms with Gasteiger partial charge in [0.1, 0.15) is 12.6 Å². The molecule has 0 radical (unpaired) electrons. The van der Waals surface area contributed by atoms with Gasteiger partial charge in [0.25, 0.3) is 0 Å². The Bertz CT molecular complexity index is 779. The molecule has 0 aromatic carbocycles. The van der Waals surface area contributed by atoms with Crippen LogP contribution in [0.5, 0.6) is 0 Å². The monoisotopic (exact) mass is 769 g/mol. The number of unbranched alkanes of at least 4 members (excludes halogenated alkanes) is 2. The zero-order valence-electron chi connectivity index (χ0n) is 37.1. The lowest BCUT2D eigenvalue weighted by molar-refractivity contribution is -0.108. The minimum atomic E-state index is 0.302. The molecule has 10 nitrogen and oxygen atoms in total. The van der Waals surface area contributed by atoms with Crippen molar-refractivity contribution in [3.05, 3.63) is 0 Å². The Morgan fingerprint density at radius 3 is 1.19 bits per heavy atom. The van der Waals surface area contributed by atoms with Gasteiger partial charge in [0.15, 0.2) is 0 Å². The maximum Gasteiger partial charge on any atom is 0.120 e. The van der Waals surface area contributed by atoms with Crippen LogP contribution in [-0.2, 0) is 9.59 Å².